The molecule has 164 valence electrons. The Kier molecular flexibility index (Phi) is 8.14. The average Bonchev–Trinajstić information content (AvgIpc) is 2.68. The van der Waals surface area contributed by atoms with Crippen molar-refractivity contribution in [2.24, 2.45) is 0 Å². The first-order valence-corrected chi connectivity index (χ1v) is 11.8. The topological polar surface area (TPSA) is 40.1 Å². The van der Waals surface area contributed by atoms with Gasteiger partial charge >= 0.3 is 0 Å². The minimum atomic E-state index is -1.08. The Morgan fingerprint density at radius 3 is 1.19 bits per heavy atom. The lowest BCUT2D eigenvalue weighted by Gasteiger charge is -2.20. The molecule has 0 unspecified atom stereocenters. The first-order chi connectivity index (χ1) is 14.4. The maximum absolute atomic E-state index is 8.89. The van der Waals surface area contributed by atoms with Crippen molar-refractivity contribution in [1.29, 1.82) is 0 Å². The van der Waals surface area contributed by atoms with Crippen LogP contribution in [0.15, 0.2) is 93.5 Å². The van der Waals surface area contributed by atoms with Gasteiger partial charge in [-0.2, -0.15) is 0 Å². The lowest BCUT2D eigenvalue weighted by Crippen LogP contribution is -2.16. The van der Waals surface area contributed by atoms with Gasteiger partial charge in [0, 0.05) is 5.97 Å². The van der Waals surface area contributed by atoms with E-state index in [9.17, 15) is 0 Å². The molecule has 0 heterocycles. The fraction of sp³-hybridized carbons (Fsp3) is 0.321. The zero-order valence-corrected chi connectivity index (χ0v) is 20.5. The van der Waals surface area contributed by atoms with E-state index in [2.05, 4.69) is 120 Å². The largest absolute Gasteiger partial charge is 0.550 e. The van der Waals surface area contributed by atoms with Crippen molar-refractivity contribution in [3.8, 4) is 0 Å². The molecule has 0 atom stereocenters. The van der Waals surface area contributed by atoms with Crippen molar-refractivity contribution < 1.29 is 9.90 Å². The third-order valence-corrected chi connectivity index (χ3v) is 7.12. The van der Waals surface area contributed by atoms with Crippen molar-refractivity contribution >= 4 is 16.9 Å². The second-order valence-corrected chi connectivity index (χ2v) is 11.7. The summed E-state index contributed by atoms with van der Waals surface area (Å²) < 4.78 is 0. The minimum Gasteiger partial charge on any atom is -0.550 e. The normalized spacial score (nSPS) is 11.6. The zero-order valence-electron chi connectivity index (χ0n) is 19.7. The number of benzene rings is 3. The quantitative estimate of drug-likeness (QED) is 0.465. The molecule has 31 heavy (non-hydrogen) atoms. The highest BCUT2D eigenvalue weighted by Crippen LogP contribution is 2.34. The van der Waals surface area contributed by atoms with Gasteiger partial charge in [0.25, 0.3) is 0 Å². The van der Waals surface area contributed by atoms with Crippen LogP contribution in [0.25, 0.3) is 0 Å². The maximum Gasteiger partial charge on any atom is 0.166 e. The molecule has 0 saturated heterocycles. The predicted octanol–water partition coefficient (Wildman–Crippen LogP) is 6.13. The van der Waals surface area contributed by atoms with E-state index < -0.39 is 5.97 Å². The molecule has 3 rings (SSSR count). The van der Waals surface area contributed by atoms with Gasteiger partial charge in [-0.25, -0.2) is 0 Å². The Balaban J connectivity index is 0.000000785. The molecule has 3 heteroatoms. The Labute approximate surface area is 190 Å². The molecule has 0 N–H and O–H groups in total. The highest BCUT2D eigenvalue weighted by molar-refractivity contribution is 7.97. The Morgan fingerprint density at radius 1 is 0.613 bits per heavy atom. The molecule has 0 aliphatic heterocycles. The standard InChI is InChI=1S/C26H31S.C2H4O2/c1-25(2,3)20-12-16-23(17-13-20)27(22-10-8-7-9-11-22)24-18-14-21(15-19-24)26(4,5)6;1-2(3)4/h7-19H,1-6H3;1H3,(H,3,4)/q+1;/p-1. The molecule has 0 radical (unpaired) electrons. The van der Waals surface area contributed by atoms with E-state index in [-0.39, 0.29) is 21.7 Å². The lowest BCUT2D eigenvalue weighted by molar-refractivity contribution is -0.302. The summed E-state index contributed by atoms with van der Waals surface area (Å²) in [6.07, 6.45) is 0. The van der Waals surface area contributed by atoms with Crippen LogP contribution in [0.2, 0.25) is 0 Å². The maximum atomic E-state index is 8.89. The molecule has 0 spiro atoms. The monoisotopic (exact) mass is 434 g/mol. The smallest absolute Gasteiger partial charge is 0.166 e. The van der Waals surface area contributed by atoms with Crippen LogP contribution < -0.4 is 5.11 Å². The number of carboxylic acid groups (broad SMARTS) is 1. The van der Waals surface area contributed by atoms with E-state index in [1.165, 1.54) is 25.8 Å². The SMILES string of the molecule is CC(=O)[O-].CC(C)(C)c1ccc([S+](c2ccccc2)c2ccc(C(C)(C)C)cc2)cc1. The molecule has 0 aromatic heterocycles. The summed E-state index contributed by atoms with van der Waals surface area (Å²) in [6, 6.07) is 29.3. The van der Waals surface area contributed by atoms with Crippen LogP contribution in [0.5, 0.6) is 0 Å². The van der Waals surface area contributed by atoms with E-state index in [1.807, 2.05) is 0 Å². The van der Waals surface area contributed by atoms with Crippen LogP contribution in [0, 0.1) is 0 Å². The molecule has 0 aliphatic carbocycles. The number of hydrogen-bond donors (Lipinski definition) is 0. The van der Waals surface area contributed by atoms with Gasteiger partial charge in [-0.05, 0) is 65.3 Å². The third kappa shape index (κ3) is 7.29. The molecular weight excluding hydrogens is 400 g/mol. The van der Waals surface area contributed by atoms with Gasteiger partial charge in [0.05, 0.1) is 10.9 Å². The number of carbonyl (C=O) groups is 1. The summed E-state index contributed by atoms with van der Waals surface area (Å²) in [5, 5.41) is 8.89. The fourth-order valence-electron chi connectivity index (χ4n) is 3.15. The number of hydrogen-bond acceptors (Lipinski definition) is 2. The summed E-state index contributed by atoms with van der Waals surface area (Å²) in [4.78, 5) is 13.0. The molecule has 0 bridgehead atoms. The molecule has 3 aromatic carbocycles. The van der Waals surface area contributed by atoms with Crippen LogP contribution in [-0.4, -0.2) is 5.97 Å². The van der Waals surface area contributed by atoms with E-state index in [4.69, 9.17) is 9.90 Å². The fourth-order valence-corrected chi connectivity index (χ4v) is 5.21. The number of carbonyl (C=O) groups excluding carboxylic acids is 1. The highest BCUT2D eigenvalue weighted by atomic mass is 32.2. The Bertz CT molecular complexity index is 899. The molecule has 0 saturated carbocycles. The summed E-state index contributed by atoms with van der Waals surface area (Å²) in [5.41, 5.74) is 3.12. The van der Waals surface area contributed by atoms with Crippen molar-refractivity contribution in [3.05, 3.63) is 90.0 Å². The van der Waals surface area contributed by atoms with Gasteiger partial charge in [-0.3, -0.25) is 0 Å². The summed E-state index contributed by atoms with van der Waals surface area (Å²) in [7, 11) is -0.0847. The molecule has 0 amide bonds. The van der Waals surface area contributed by atoms with Crippen LogP contribution >= 0.6 is 0 Å². The van der Waals surface area contributed by atoms with Gasteiger partial charge in [0.2, 0.25) is 0 Å². The molecule has 3 aromatic rings. The summed E-state index contributed by atoms with van der Waals surface area (Å²) in [6.45, 7) is 14.6. The van der Waals surface area contributed by atoms with Gasteiger partial charge in [0.15, 0.2) is 14.7 Å². The Hall–Kier alpha value is -2.52. The van der Waals surface area contributed by atoms with Crippen LogP contribution in [0.1, 0.15) is 59.6 Å². The second-order valence-electron chi connectivity index (χ2n) is 9.66. The van der Waals surface area contributed by atoms with Gasteiger partial charge in [-0.15, -0.1) is 0 Å². The Morgan fingerprint density at radius 2 is 0.903 bits per heavy atom. The zero-order chi connectivity index (χ0) is 23.2. The first-order valence-electron chi connectivity index (χ1n) is 10.6. The molecule has 2 nitrogen and oxygen atoms in total. The van der Waals surface area contributed by atoms with Gasteiger partial charge in [-0.1, -0.05) is 84.0 Å². The summed E-state index contributed by atoms with van der Waals surface area (Å²) in [5.74, 6) is -1.08. The van der Waals surface area contributed by atoms with E-state index in [0.717, 1.165) is 6.92 Å². The predicted molar refractivity (Wildman–Crippen MR) is 130 cm³/mol. The first kappa shape index (κ1) is 24.7. The third-order valence-electron chi connectivity index (χ3n) is 4.89. The van der Waals surface area contributed by atoms with Crippen molar-refractivity contribution in [2.75, 3.05) is 0 Å². The lowest BCUT2D eigenvalue weighted by atomic mass is 9.87. The molecule has 0 aliphatic rings. The van der Waals surface area contributed by atoms with Crippen molar-refractivity contribution in [2.45, 2.75) is 74.0 Å². The molecular formula is C28H34O2S. The molecule has 0 fully saturated rings. The van der Waals surface area contributed by atoms with Gasteiger partial charge < -0.3 is 9.90 Å². The van der Waals surface area contributed by atoms with Crippen molar-refractivity contribution in [3.63, 3.8) is 0 Å². The highest BCUT2D eigenvalue weighted by Gasteiger charge is 2.29. The van der Waals surface area contributed by atoms with Crippen LogP contribution in [0.4, 0.5) is 0 Å². The van der Waals surface area contributed by atoms with E-state index in [1.54, 1.807) is 0 Å². The minimum absolute atomic E-state index is 0.0847. The van der Waals surface area contributed by atoms with Crippen LogP contribution in [0.3, 0.4) is 0 Å². The second kappa shape index (κ2) is 10.2. The van der Waals surface area contributed by atoms with Crippen LogP contribution in [-0.2, 0) is 26.5 Å². The number of rotatable bonds is 3. The van der Waals surface area contributed by atoms with Gasteiger partial charge in [0.1, 0.15) is 0 Å². The number of aliphatic carboxylic acids is 1. The van der Waals surface area contributed by atoms with E-state index in [0.29, 0.717) is 0 Å². The number of carboxylic acids is 1. The van der Waals surface area contributed by atoms with E-state index >= 15 is 0 Å². The van der Waals surface area contributed by atoms with Crippen molar-refractivity contribution in [1.82, 2.24) is 0 Å². The summed E-state index contributed by atoms with van der Waals surface area (Å²) >= 11 is 0. The average molecular weight is 435 g/mol.